The molecule has 2 rings (SSSR count). The van der Waals surface area contributed by atoms with E-state index in [4.69, 9.17) is 32.8 Å². The van der Waals surface area contributed by atoms with Crippen LogP contribution in [0.2, 0.25) is 10.0 Å². The highest BCUT2D eigenvalue weighted by Crippen LogP contribution is 2.25. The molecule has 2 aromatic carbocycles. The summed E-state index contributed by atoms with van der Waals surface area (Å²) >= 11 is 12.0. The van der Waals surface area contributed by atoms with E-state index in [0.29, 0.717) is 38.3 Å². The molecule has 148 valence electrons. The minimum Gasteiger partial charge on any atom is -0.500 e. The first kappa shape index (κ1) is 21.8. The van der Waals surface area contributed by atoms with Crippen molar-refractivity contribution in [3.63, 3.8) is 0 Å². The number of nitrogens with zero attached hydrogens (tertiary/aromatic N) is 1. The summed E-state index contributed by atoms with van der Waals surface area (Å²) in [6.45, 7) is 1.70. The summed E-state index contributed by atoms with van der Waals surface area (Å²) < 4.78 is 5.12. The Balaban J connectivity index is 2.19. The van der Waals surface area contributed by atoms with Crippen molar-refractivity contribution in [2.75, 3.05) is 14.2 Å². The summed E-state index contributed by atoms with van der Waals surface area (Å²) in [5.74, 6) is -0.316. The van der Waals surface area contributed by atoms with E-state index in [1.54, 1.807) is 56.4 Å². The molecule has 0 aliphatic rings. The van der Waals surface area contributed by atoms with Crippen LogP contribution in [-0.4, -0.2) is 31.1 Å². The molecule has 0 atom stereocenters. The van der Waals surface area contributed by atoms with Gasteiger partial charge in [0, 0.05) is 12.6 Å². The van der Waals surface area contributed by atoms with Crippen molar-refractivity contribution in [1.82, 2.24) is 5.48 Å². The number of benzene rings is 2. The number of hydrogen-bond acceptors (Lipinski definition) is 4. The molecule has 8 heteroatoms. The quantitative estimate of drug-likeness (QED) is 0.225. The number of aliphatic imine (C=N–C) groups is 1. The smallest absolute Gasteiger partial charge is 0.339 e. The maximum atomic E-state index is 11.7. The summed E-state index contributed by atoms with van der Waals surface area (Å²) in [4.78, 5) is 21.4. The molecule has 0 fully saturated rings. The molecular weight excluding hydrogens is 403 g/mol. The molecule has 0 bridgehead atoms. The summed E-state index contributed by atoms with van der Waals surface area (Å²) in [7, 11) is 3.04. The zero-order valence-electron chi connectivity index (χ0n) is 15.6. The third-order valence-corrected chi connectivity index (χ3v) is 4.71. The topological polar surface area (TPSA) is 80.2 Å². The van der Waals surface area contributed by atoms with Crippen molar-refractivity contribution in [2.24, 2.45) is 4.99 Å². The number of hydrogen-bond donors (Lipinski definition) is 2. The molecule has 2 aromatic rings. The highest BCUT2D eigenvalue weighted by atomic mass is 35.5. The van der Waals surface area contributed by atoms with Gasteiger partial charge in [0.2, 0.25) is 0 Å². The van der Waals surface area contributed by atoms with Crippen LogP contribution in [-0.2, 0) is 21.0 Å². The van der Waals surface area contributed by atoms with Gasteiger partial charge in [0.25, 0.3) is 0 Å². The van der Waals surface area contributed by atoms with Crippen molar-refractivity contribution in [1.29, 1.82) is 0 Å². The van der Waals surface area contributed by atoms with Gasteiger partial charge in [-0.05, 0) is 36.2 Å². The van der Waals surface area contributed by atoms with Crippen LogP contribution in [0.4, 0.5) is 0 Å². The minimum atomic E-state index is -1.08. The number of carboxylic acids is 1. The lowest BCUT2D eigenvalue weighted by Crippen LogP contribution is -2.25. The molecule has 0 aliphatic carbocycles. The third kappa shape index (κ3) is 5.25. The van der Waals surface area contributed by atoms with Gasteiger partial charge in [0.15, 0.2) is 5.84 Å². The Bertz CT molecular complexity index is 926. The summed E-state index contributed by atoms with van der Waals surface area (Å²) in [6, 6.07) is 12.1. The fourth-order valence-electron chi connectivity index (χ4n) is 2.51. The van der Waals surface area contributed by atoms with Crippen molar-refractivity contribution in [2.45, 2.75) is 13.5 Å². The molecule has 0 aliphatic heterocycles. The van der Waals surface area contributed by atoms with Gasteiger partial charge < -0.3 is 9.84 Å². The van der Waals surface area contributed by atoms with Crippen LogP contribution in [0.5, 0.6) is 0 Å². The van der Waals surface area contributed by atoms with Crippen LogP contribution in [0.15, 0.2) is 53.2 Å². The number of amidine groups is 1. The van der Waals surface area contributed by atoms with E-state index in [2.05, 4.69) is 10.5 Å². The Kier molecular flexibility index (Phi) is 7.87. The van der Waals surface area contributed by atoms with E-state index in [-0.39, 0.29) is 12.2 Å². The van der Waals surface area contributed by atoms with E-state index in [1.165, 1.54) is 7.11 Å². The van der Waals surface area contributed by atoms with E-state index < -0.39 is 5.97 Å². The monoisotopic (exact) mass is 422 g/mol. The average molecular weight is 423 g/mol. The summed E-state index contributed by atoms with van der Waals surface area (Å²) in [5, 5.41) is 10.4. The van der Waals surface area contributed by atoms with Gasteiger partial charge in [-0.1, -0.05) is 47.5 Å². The van der Waals surface area contributed by atoms with Gasteiger partial charge in [-0.15, -0.1) is 0 Å². The second-order valence-corrected chi connectivity index (χ2v) is 6.50. The number of ether oxygens (including phenoxy) is 1. The SMILES string of the molecule is CN=C(NOCc1ccccc1/C(C(=O)O)=C(/C)OC)c1ccc(Cl)c(Cl)c1. The van der Waals surface area contributed by atoms with Crippen LogP contribution in [0, 0.1) is 0 Å². The molecule has 6 nitrogen and oxygen atoms in total. The molecule has 0 saturated carbocycles. The zero-order chi connectivity index (χ0) is 20.7. The van der Waals surface area contributed by atoms with Crippen molar-refractivity contribution >= 4 is 40.6 Å². The average Bonchev–Trinajstić information content (AvgIpc) is 2.68. The zero-order valence-corrected chi connectivity index (χ0v) is 17.1. The van der Waals surface area contributed by atoms with Crippen molar-refractivity contribution in [3.8, 4) is 0 Å². The second-order valence-electron chi connectivity index (χ2n) is 5.69. The standard InChI is InChI=1S/C20H20Cl2N2O4/c1-12(27-3)18(20(25)26)15-7-5-4-6-14(15)11-28-24-19(23-2)13-8-9-16(21)17(22)10-13/h4-10H,11H2,1-3H3,(H,23,24)(H,25,26)/b18-12+. The molecule has 28 heavy (non-hydrogen) atoms. The van der Waals surface area contributed by atoms with Gasteiger partial charge in [0.1, 0.15) is 17.9 Å². The molecular formula is C20H20Cl2N2O4. The lowest BCUT2D eigenvalue weighted by molar-refractivity contribution is -0.130. The maximum Gasteiger partial charge on any atom is 0.339 e. The van der Waals surface area contributed by atoms with Crippen molar-refractivity contribution < 1.29 is 19.5 Å². The molecule has 0 amide bonds. The number of carboxylic acid groups (broad SMARTS) is 1. The number of aliphatic carboxylic acids is 1. The molecule has 0 radical (unpaired) electrons. The minimum absolute atomic E-state index is 0.0792. The Morgan fingerprint density at radius 1 is 1.18 bits per heavy atom. The third-order valence-electron chi connectivity index (χ3n) is 3.97. The predicted molar refractivity (Wildman–Crippen MR) is 111 cm³/mol. The fourth-order valence-corrected chi connectivity index (χ4v) is 2.80. The van der Waals surface area contributed by atoms with Gasteiger partial charge in [-0.25, -0.2) is 10.3 Å². The Hall–Kier alpha value is -2.54. The van der Waals surface area contributed by atoms with Crippen LogP contribution < -0.4 is 5.48 Å². The van der Waals surface area contributed by atoms with E-state index in [9.17, 15) is 9.90 Å². The molecule has 0 saturated heterocycles. The summed E-state index contributed by atoms with van der Waals surface area (Å²) in [6.07, 6.45) is 0. The van der Waals surface area contributed by atoms with E-state index in [0.717, 1.165) is 0 Å². The van der Waals surface area contributed by atoms with Gasteiger partial charge in [0.05, 0.1) is 17.2 Å². The first-order valence-electron chi connectivity index (χ1n) is 8.25. The highest BCUT2D eigenvalue weighted by molar-refractivity contribution is 6.42. The fraction of sp³-hybridized carbons (Fsp3) is 0.200. The highest BCUT2D eigenvalue weighted by Gasteiger charge is 2.18. The van der Waals surface area contributed by atoms with Crippen molar-refractivity contribution in [3.05, 3.63) is 75.0 Å². The number of allylic oxidation sites excluding steroid dienone is 1. The summed E-state index contributed by atoms with van der Waals surface area (Å²) in [5.41, 5.74) is 4.74. The van der Waals surface area contributed by atoms with Crippen LogP contribution >= 0.6 is 23.2 Å². The Morgan fingerprint density at radius 3 is 2.50 bits per heavy atom. The van der Waals surface area contributed by atoms with E-state index >= 15 is 0 Å². The van der Waals surface area contributed by atoms with Gasteiger partial charge in [-0.3, -0.25) is 9.83 Å². The van der Waals surface area contributed by atoms with Gasteiger partial charge >= 0.3 is 5.97 Å². The van der Waals surface area contributed by atoms with Gasteiger partial charge in [-0.2, -0.15) is 0 Å². The molecule has 0 heterocycles. The number of carbonyl (C=O) groups is 1. The first-order chi connectivity index (χ1) is 13.4. The lowest BCUT2D eigenvalue weighted by atomic mass is 9.99. The molecule has 0 aromatic heterocycles. The number of rotatable bonds is 7. The van der Waals surface area contributed by atoms with E-state index in [1.807, 2.05) is 0 Å². The predicted octanol–water partition coefficient (Wildman–Crippen LogP) is 4.55. The Labute approximate surface area is 173 Å². The number of nitrogens with one attached hydrogen (secondary N) is 1. The second kappa shape index (κ2) is 10.1. The number of halogens is 2. The van der Waals surface area contributed by atoms with Crippen LogP contribution in [0.25, 0.3) is 5.57 Å². The van der Waals surface area contributed by atoms with Crippen LogP contribution in [0.3, 0.4) is 0 Å². The Morgan fingerprint density at radius 2 is 1.89 bits per heavy atom. The molecule has 0 spiro atoms. The number of hydroxylamine groups is 1. The maximum absolute atomic E-state index is 11.7. The molecule has 2 N–H and O–H groups in total. The lowest BCUT2D eigenvalue weighted by Gasteiger charge is -2.14. The largest absolute Gasteiger partial charge is 0.500 e. The number of methoxy groups -OCH3 is 1. The molecule has 0 unspecified atom stereocenters. The first-order valence-corrected chi connectivity index (χ1v) is 9.01. The normalized spacial score (nSPS) is 12.4. The van der Waals surface area contributed by atoms with Crippen LogP contribution in [0.1, 0.15) is 23.6 Å².